The summed E-state index contributed by atoms with van der Waals surface area (Å²) in [4.78, 5) is 24.2. The Morgan fingerprint density at radius 1 is 0.963 bits per heavy atom. The predicted octanol–water partition coefficient (Wildman–Crippen LogP) is 3.92. The summed E-state index contributed by atoms with van der Waals surface area (Å²) in [6.45, 7) is -0.589. The van der Waals surface area contributed by atoms with Gasteiger partial charge in [-0.1, -0.05) is 24.3 Å². The summed E-state index contributed by atoms with van der Waals surface area (Å²) in [6.07, 6.45) is 0. The molecule has 0 heterocycles. The van der Waals surface area contributed by atoms with Crippen molar-refractivity contribution in [1.29, 1.82) is 0 Å². The molecule has 0 atom stereocenters. The molecule has 0 spiro atoms. The Labute approximate surface area is 153 Å². The number of ether oxygens (including phenoxy) is 2. The van der Waals surface area contributed by atoms with Crippen molar-refractivity contribution in [2.24, 2.45) is 0 Å². The molecule has 0 aliphatic heterocycles. The van der Waals surface area contributed by atoms with Crippen molar-refractivity contribution in [2.75, 3.05) is 19.0 Å². The van der Waals surface area contributed by atoms with Crippen LogP contribution < -0.4 is 10.1 Å². The van der Waals surface area contributed by atoms with Crippen molar-refractivity contribution >= 4 is 28.3 Å². The number of fused-ring (bicyclic) bond motifs is 1. The van der Waals surface area contributed by atoms with Crippen molar-refractivity contribution < 1.29 is 27.8 Å². The molecule has 3 aromatic rings. The average molecular weight is 371 g/mol. The lowest BCUT2D eigenvalue weighted by Gasteiger charge is -2.11. The number of hydrogen-bond acceptors (Lipinski definition) is 4. The molecule has 0 fully saturated rings. The van der Waals surface area contributed by atoms with Gasteiger partial charge in [0, 0.05) is 11.8 Å². The minimum atomic E-state index is -1.09. The second-order valence-electron chi connectivity index (χ2n) is 5.65. The van der Waals surface area contributed by atoms with Crippen molar-refractivity contribution in [3.05, 3.63) is 71.8 Å². The predicted molar refractivity (Wildman–Crippen MR) is 95.8 cm³/mol. The maximum atomic E-state index is 13.2. The highest BCUT2D eigenvalue weighted by Crippen LogP contribution is 2.26. The third-order valence-electron chi connectivity index (χ3n) is 3.83. The van der Waals surface area contributed by atoms with Crippen LogP contribution in [0.4, 0.5) is 14.5 Å². The molecule has 0 aliphatic carbocycles. The molecule has 0 saturated heterocycles. The second-order valence-corrected chi connectivity index (χ2v) is 5.65. The minimum absolute atomic E-state index is 0.0539. The molecule has 3 rings (SSSR count). The van der Waals surface area contributed by atoms with Crippen molar-refractivity contribution in [2.45, 2.75) is 0 Å². The molecule has 5 nitrogen and oxygen atoms in total. The van der Waals surface area contributed by atoms with Gasteiger partial charge < -0.3 is 14.8 Å². The summed E-state index contributed by atoms with van der Waals surface area (Å²) in [5.74, 6) is -3.22. The van der Waals surface area contributed by atoms with E-state index in [1.165, 1.54) is 13.2 Å². The fourth-order valence-electron chi connectivity index (χ4n) is 2.53. The van der Waals surface area contributed by atoms with Gasteiger partial charge in [0.15, 0.2) is 18.2 Å². The molecule has 0 aliphatic rings. The molecule has 3 aromatic carbocycles. The average Bonchev–Trinajstić information content (AvgIpc) is 2.67. The van der Waals surface area contributed by atoms with Crippen LogP contribution in [0.3, 0.4) is 0 Å². The largest absolute Gasteiger partial charge is 0.496 e. The fourth-order valence-corrected chi connectivity index (χ4v) is 2.53. The van der Waals surface area contributed by atoms with E-state index in [1.54, 1.807) is 12.1 Å². The zero-order valence-electron chi connectivity index (χ0n) is 14.3. The van der Waals surface area contributed by atoms with Gasteiger partial charge in [-0.15, -0.1) is 0 Å². The first-order valence-electron chi connectivity index (χ1n) is 7.97. The maximum absolute atomic E-state index is 13.2. The summed E-state index contributed by atoms with van der Waals surface area (Å²) in [6, 6.07) is 13.6. The summed E-state index contributed by atoms with van der Waals surface area (Å²) in [5, 5.41) is 4.03. The highest BCUT2D eigenvalue weighted by molar-refractivity contribution is 6.00. The topological polar surface area (TPSA) is 64.6 Å². The molecule has 1 amide bonds. The molecule has 0 unspecified atom stereocenters. The Bertz CT molecular complexity index is 1020. The Morgan fingerprint density at radius 2 is 1.67 bits per heavy atom. The molecule has 0 saturated carbocycles. The zero-order valence-corrected chi connectivity index (χ0v) is 14.3. The third kappa shape index (κ3) is 4.20. The Kier molecular flexibility index (Phi) is 5.30. The smallest absolute Gasteiger partial charge is 0.342 e. The molecular formula is C20H15F2NO4. The lowest BCUT2D eigenvalue weighted by Crippen LogP contribution is -2.21. The van der Waals surface area contributed by atoms with E-state index in [2.05, 4.69) is 5.32 Å². The first-order chi connectivity index (χ1) is 13.0. The lowest BCUT2D eigenvalue weighted by molar-refractivity contribution is -0.119. The second kappa shape index (κ2) is 7.82. The van der Waals surface area contributed by atoms with Gasteiger partial charge in [-0.05, 0) is 35.0 Å². The molecule has 27 heavy (non-hydrogen) atoms. The van der Waals surface area contributed by atoms with E-state index in [4.69, 9.17) is 9.47 Å². The quantitative estimate of drug-likeness (QED) is 0.691. The highest BCUT2D eigenvalue weighted by Gasteiger charge is 2.17. The Morgan fingerprint density at radius 3 is 2.33 bits per heavy atom. The highest BCUT2D eigenvalue weighted by atomic mass is 19.2. The van der Waals surface area contributed by atoms with E-state index >= 15 is 0 Å². The number of methoxy groups -OCH3 is 1. The van der Waals surface area contributed by atoms with Gasteiger partial charge in [-0.2, -0.15) is 0 Å². The van der Waals surface area contributed by atoms with Crippen LogP contribution in [0.25, 0.3) is 10.8 Å². The first kappa shape index (κ1) is 18.3. The van der Waals surface area contributed by atoms with Crippen LogP contribution in [-0.4, -0.2) is 25.6 Å². The van der Waals surface area contributed by atoms with Gasteiger partial charge in [0.1, 0.15) is 11.3 Å². The third-order valence-corrected chi connectivity index (χ3v) is 3.83. The monoisotopic (exact) mass is 371 g/mol. The van der Waals surface area contributed by atoms with E-state index in [0.29, 0.717) is 5.75 Å². The minimum Gasteiger partial charge on any atom is -0.496 e. The standard InChI is InChI=1S/C20H15F2NO4/c1-26-18-9-13-5-3-2-4-12(13)8-15(18)20(25)27-11-19(24)23-14-6-7-16(21)17(22)10-14/h2-10H,11H2,1H3,(H,23,24). The summed E-state index contributed by atoms with van der Waals surface area (Å²) in [7, 11) is 1.43. The number of amides is 1. The Balaban J connectivity index is 1.69. The molecule has 0 radical (unpaired) electrons. The molecule has 1 N–H and O–H groups in total. The molecule has 0 aromatic heterocycles. The van der Waals surface area contributed by atoms with Gasteiger partial charge in [0.25, 0.3) is 5.91 Å². The van der Waals surface area contributed by atoms with E-state index in [0.717, 1.165) is 22.9 Å². The molecule has 0 bridgehead atoms. The normalized spacial score (nSPS) is 10.5. The number of carbonyl (C=O) groups is 2. The lowest BCUT2D eigenvalue weighted by atomic mass is 10.1. The Hall–Kier alpha value is -3.48. The van der Waals surface area contributed by atoms with Gasteiger partial charge in [-0.25, -0.2) is 13.6 Å². The number of halogens is 2. The van der Waals surface area contributed by atoms with Crippen molar-refractivity contribution in [3.63, 3.8) is 0 Å². The fraction of sp³-hybridized carbons (Fsp3) is 0.100. The number of benzene rings is 3. The van der Waals surface area contributed by atoms with Crippen LogP contribution in [-0.2, 0) is 9.53 Å². The van der Waals surface area contributed by atoms with E-state index in [1.807, 2.05) is 24.3 Å². The zero-order chi connectivity index (χ0) is 19.4. The number of nitrogens with one attached hydrogen (secondary N) is 1. The van der Waals surface area contributed by atoms with Crippen LogP contribution in [0.5, 0.6) is 5.75 Å². The van der Waals surface area contributed by atoms with Gasteiger partial charge in [0.2, 0.25) is 0 Å². The van der Waals surface area contributed by atoms with E-state index < -0.39 is 30.1 Å². The van der Waals surface area contributed by atoms with Crippen LogP contribution in [0.15, 0.2) is 54.6 Å². The molecular weight excluding hydrogens is 356 g/mol. The number of hydrogen-bond donors (Lipinski definition) is 1. The van der Waals surface area contributed by atoms with E-state index in [-0.39, 0.29) is 11.3 Å². The number of carbonyl (C=O) groups excluding carboxylic acids is 2. The van der Waals surface area contributed by atoms with Crippen LogP contribution in [0, 0.1) is 11.6 Å². The van der Waals surface area contributed by atoms with Crippen molar-refractivity contribution in [1.82, 2.24) is 0 Å². The van der Waals surface area contributed by atoms with Crippen LogP contribution in [0.2, 0.25) is 0 Å². The SMILES string of the molecule is COc1cc2ccccc2cc1C(=O)OCC(=O)Nc1ccc(F)c(F)c1. The number of esters is 1. The van der Waals surface area contributed by atoms with Gasteiger partial charge >= 0.3 is 5.97 Å². The number of anilines is 1. The van der Waals surface area contributed by atoms with Crippen molar-refractivity contribution in [3.8, 4) is 5.75 Å². The first-order valence-corrected chi connectivity index (χ1v) is 7.97. The van der Waals surface area contributed by atoms with Crippen LogP contribution in [0.1, 0.15) is 10.4 Å². The molecule has 138 valence electrons. The summed E-state index contributed by atoms with van der Waals surface area (Å²) >= 11 is 0. The van der Waals surface area contributed by atoms with E-state index in [9.17, 15) is 18.4 Å². The molecule has 7 heteroatoms. The summed E-state index contributed by atoms with van der Waals surface area (Å²) < 4.78 is 36.3. The van der Waals surface area contributed by atoms with Gasteiger partial charge in [-0.3, -0.25) is 4.79 Å². The van der Waals surface area contributed by atoms with Gasteiger partial charge in [0.05, 0.1) is 7.11 Å². The summed E-state index contributed by atoms with van der Waals surface area (Å²) in [5.41, 5.74) is 0.232. The van der Waals surface area contributed by atoms with Crippen LogP contribution >= 0.6 is 0 Å². The number of rotatable bonds is 5. The maximum Gasteiger partial charge on any atom is 0.342 e.